The van der Waals surface area contributed by atoms with Gasteiger partial charge in [0, 0.05) is 6.04 Å². The Hall–Kier alpha value is -0.120. The van der Waals surface area contributed by atoms with E-state index in [4.69, 9.17) is 0 Å². The first-order valence-corrected chi connectivity index (χ1v) is 7.80. The van der Waals surface area contributed by atoms with Crippen LogP contribution in [0.1, 0.15) is 47.0 Å². The van der Waals surface area contributed by atoms with Gasteiger partial charge >= 0.3 is 0 Å². The van der Waals surface area contributed by atoms with Crippen LogP contribution < -0.4 is 5.32 Å². The van der Waals surface area contributed by atoms with Crippen LogP contribution >= 0.6 is 0 Å². The van der Waals surface area contributed by atoms with Crippen LogP contribution in [0.3, 0.4) is 0 Å². The Morgan fingerprint density at radius 3 is 2.11 bits per heavy atom. The average Bonchev–Trinajstić information content (AvgIpc) is 2.39. The molecule has 1 atom stereocenters. The Balaban J connectivity index is 3.80. The first-order chi connectivity index (χ1) is 8.69. The molecule has 0 aromatic heterocycles. The summed E-state index contributed by atoms with van der Waals surface area (Å²) >= 11 is 0. The minimum absolute atomic E-state index is 0.722. The Morgan fingerprint density at radius 1 is 0.944 bits per heavy atom. The number of rotatable bonds is 12. The van der Waals surface area contributed by atoms with Crippen molar-refractivity contribution in [3.05, 3.63) is 0 Å². The van der Waals surface area contributed by atoms with Crippen LogP contribution in [0, 0.1) is 0 Å². The quantitative estimate of drug-likeness (QED) is 0.542. The molecule has 0 heterocycles. The molecule has 0 amide bonds. The van der Waals surface area contributed by atoms with Gasteiger partial charge in [0.2, 0.25) is 0 Å². The maximum absolute atomic E-state index is 3.23. The molecule has 0 saturated carbocycles. The summed E-state index contributed by atoms with van der Waals surface area (Å²) in [5, 5.41) is 3.23. The summed E-state index contributed by atoms with van der Waals surface area (Å²) in [7, 11) is 2.03. The highest BCUT2D eigenvalue weighted by atomic mass is 15.2. The maximum atomic E-state index is 3.23. The van der Waals surface area contributed by atoms with E-state index in [0.717, 1.165) is 12.6 Å². The smallest absolute Gasteiger partial charge is 0.00672 e. The van der Waals surface area contributed by atoms with Crippen molar-refractivity contribution in [3.8, 4) is 0 Å². The van der Waals surface area contributed by atoms with Crippen molar-refractivity contribution in [2.75, 3.05) is 46.3 Å². The molecule has 0 fully saturated rings. The molecule has 0 aromatic rings. The third-order valence-electron chi connectivity index (χ3n) is 3.89. The molecule has 18 heavy (non-hydrogen) atoms. The zero-order valence-electron chi connectivity index (χ0n) is 13.3. The number of nitrogens with zero attached hydrogens (tertiary/aromatic N) is 2. The van der Waals surface area contributed by atoms with Gasteiger partial charge in [-0.2, -0.15) is 0 Å². The Morgan fingerprint density at radius 2 is 1.61 bits per heavy atom. The van der Waals surface area contributed by atoms with E-state index in [0.29, 0.717) is 0 Å². The van der Waals surface area contributed by atoms with Gasteiger partial charge in [-0.25, -0.2) is 0 Å². The van der Waals surface area contributed by atoms with Gasteiger partial charge in [0.15, 0.2) is 0 Å². The van der Waals surface area contributed by atoms with E-state index >= 15 is 0 Å². The fraction of sp³-hybridized carbons (Fsp3) is 1.00. The van der Waals surface area contributed by atoms with Crippen LogP contribution in [0.15, 0.2) is 0 Å². The highest BCUT2D eigenvalue weighted by Crippen LogP contribution is 2.07. The van der Waals surface area contributed by atoms with E-state index < -0.39 is 0 Å². The second kappa shape index (κ2) is 11.9. The number of nitrogens with one attached hydrogen (secondary N) is 1. The van der Waals surface area contributed by atoms with Crippen molar-refractivity contribution in [3.63, 3.8) is 0 Å². The second-order valence-corrected chi connectivity index (χ2v) is 5.10. The summed E-state index contributed by atoms with van der Waals surface area (Å²) in [6.45, 7) is 16.3. The van der Waals surface area contributed by atoms with Crippen LogP contribution in [-0.2, 0) is 0 Å². The standard InChI is InChI=1S/C15H35N3/c1-6-17(7-2)13-10-14-18(8-3)15(4)11-9-12-16-5/h15-16H,6-14H2,1-5H3. The lowest BCUT2D eigenvalue weighted by atomic mass is 10.1. The van der Waals surface area contributed by atoms with Crippen molar-refractivity contribution < 1.29 is 0 Å². The van der Waals surface area contributed by atoms with Crippen LogP contribution in [0.5, 0.6) is 0 Å². The minimum Gasteiger partial charge on any atom is -0.320 e. The normalized spacial score (nSPS) is 13.5. The van der Waals surface area contributed by atoms with E-state index in [9.17, 15) is 0 Å². The molecule has 0 aliphatic heterocycles. The highest BCUT2D eigenvalue weighted by molar-refractivity contribution is 4.67. The van der Waals surface area contributed by atoms with Gasteiger partial charge in [-0.1, -0.05) is 20.8 Å². The lowest BCUT2D eigenvalue weighted by Gasteiger charge is -2.29. The summed E-state index contributed by atoms with van der Waals surface area (Å²) in [6.07, 6.45) is 3.88. The molecule has 0 bridgehead atoms. The molecule has 0 aromatic carbocycles. The van der Waals surface area contributed by atoms with Crippen molar-refractivity contribution in [2.24, 2.45) is 0 Å². The molecule has 0 saturated heterocycles. The lowest BCUT2D eigenvalue weighted by Crippen LogP contribution is -2.36. The molecule has 110 valence electrons. The maximum Gasteiger partial charge on any atom is 0.00672 e. The predicted octanol–water partition coefficient (Wildman–Crippen LogP) is 2.43. The predicted molar refractivity (Wildman–Crippen MR) is 82.3 cm³/mol. The topological polar surface area (TPSA) is 18.5 Å². The van der Waals surface area contributed by atoms with Gasteiger partial charge in [-0.15, -0.1) is 0 Å². The van der Waals surface area contributed by atoms with Crippen LogP contribution in [0.4, 0.5) is 0 Å². The third kappa shape index (κ3) is 8.06. The molecule has 3 nitrogen and oxygen atoms in total. The molecule has 0 spiro atoms. The monoisotopic (exact) mass is 257 g/mol. The summed E-state index contributed by atoms with van der Waals surface area (Å²) in [5.74, 6) is 0. The molecule has 0 aliphatic rings. The van der Waals surface area contributed by atoms with Gasteiger partial charge in [-0.3, -0.25) is 0 Å². The molecule has 1 N–H and O–H groups in total. The summed E-state index contributed by atoms with van der Waals surface area (Å²) in [6, 6.07) is 0.722. The lowest BCUT2D eigenvalue weighted by molar-refractivity contribution is 0.190. The van der Waals surface area contributed by atoms with Gasteiger partial charge in [0.25, 0.3) is 0 Å². The Labute approximate surface area is 115 Å². The summed E-state index contributed by atoms with van der Waals surface area (Å²) in [5.41, 5.74) is 0. The SMILES string of the molecule is CCN(CC)CCCN(CC)C(C)CCCNC. The third-order valence-corrected chi connectivity index (χ3v) is 3.89. The van der Waals surface area contributed by atoms with E-state index in [2.05, 4.69) is 42.8 Å². The molecule has 1 unspecified atom stereocenters. The van der Waals surface area contributed by atoms with E-state index in [1.54, 1.807) is 0 Å². The minimum atomic E-state index is 0.722. The van der Waals surface area contributed by atoms with E-state index in [1.807, 2.05) is 7.05 Å². The molecule has 0 radical (unpaired) electrons. The van der Waals surface area contributed by atoms with Crippen molar-refractivity contribution in [1.29, 1.82) is 0 Å². The zero-order chi connectivity index (χ0) is 13.8. The van der Waals surface area contributed by atoms with Gasteiger partial charge in [-0.05, 0) is 72.5 Å². The molecule has 0 aliphatic carbocycles. The average molecular weight is 257 g/mol. The van der Waals surface area contributed by atoms with E-state index in [-0.39, 0.29) is 0 Å². The molecule has 0 rings (SSSR count). The summed E-state index contributed by atoms with van der Waals surface area (Å²) in [4.78, 5) is 5.14. The van der Waals surface area contributed by atoms with E-state index in [1.165, 1.54) is 52.0 Å². The van der Waals surface area contributed by atoms with Crippen LogP contribution in [-0.4, -0.2) is 62.2 Å². The van der Waals surface area contributed by atoms with Crippen molar-refractivity contribution >= 4 is 0 Å². The first kappa shape index (κ1) is 17.9. The van der Waals surface area contributed by atoms with Crippen molar-refractivity contribution in [2.45, 2.75) is 53.0 Å². The Bertz CT molecular complexity index is 169. The Kier molecular flexibility index (Phi) is 11.9. The zero-order valence-corrected chi connectivity index (χ0v) is 13.3. The fourth-order valence-electron chi connectivity index (χ4n) is 2.48. The summed E-state index contributed by atoms with van der Waals surface area (Å²) < 4.78 is 0. The first-order valence-electron chi connectivity index (χ1n) is 7.80. The number of hydrogen-bond acceptors (Lipinski definition) is 3. The van der Waals surface area contributed by atoms with Crippen molar-refractivity contribution in [1.82, 2.24) is 15.1 Å². The largest absolute Gasteiger partial charge is 0.320 e. The highest BCUT2D eigenvalue weighted by Gasteiger charge is 2.11. The molecular weight excluding hydrogens is 222 g/mol. The van der Waals surface area contributed by atoms with Gasteiger partial charge < -0.3 is 15.1 Å². The molecule has 3 heteroatoms. The van der Waals surface area contributed by atoms with Gasteiger partial charge in [0.1, 0.15) is 0 Å². The van der Waals surface area contributed by atoms with Gasteiger partial charge in [0.05, 0.1) is 0 Å². The second-order valence-electron chi connectivity index (χ2n) is 5.10. The van der Waals surface area contributed by atoms with Crippen LogP contribution in [0.2, 0.25) is 0 Å². The van der Waals surface area contributed by atoms with Crippen LogP contribution in [0.25, 0.3) is 0 Å². The fourth-order valence-corrected chi connectivity index (χ4v) is 2.48. The number of hydrogen-bond donors (Lipinski definition) is 1. The molecular formula is C15H35N3.